The maximum Gasteiger partial charge on any atom is 0.342 e. The molecule has 0 saturated carbocycles. The average molecular weight is 247 g/mol. The lowest BCUT2D eigenvalue weighted by atomic mass is 10.1. The third-order valence-corrected chi connectivity index (χ3v) is 2.08. The molecule has 4 nitrogen and oxygen atoms in total. The number of alkyl halides is 2. The van der Waals surface area contributed by atoms with Gasteiger partial charge in [-0.15, -0.1) is 0 Å². The molecule has 0 N–H and O–H groups in total. The number of esters is 1. The second-order valence-corrected chi connectivity index (χ2v) is 3.02. The molecule has 0 aliphatic heterocycles. The van der Waals surface area contributed by atoms with Gasteiger partial charge in [0.05, 0.1) is 18.2 Å². The van der Waals surface area contributed by atoms with Crippen LogP contribution in [0, 0.1) is 11.3 Å². The zero-order valence-corrected chi connectivity index (χ0v) is 8.76. The normalized spacial score (nSPS) is 10.0. The fourth-order valence-corrected chi connectivity index (χ4v) is 1.30. The Hall–Kier alpha value is -1.74. The highest BCUT2D eigenvalue weighted by molar-refractivity contribution is 6.32. The Morgan fingerprint density at radius 1 is 1.69 bits per heavy atom. The van der Waals surface area contributed by atoms with Gasteiger partial charge in [-0.2, -0.15) is 5.26 Å². The van der Waals surface area contributed by atoms with E-state index in [-0.39, 0.29) is 5.15 Å². The van der Waals surface area contributed by atoms with E-state index in [9.17, 15) is 13.6 Å². The van der Waals surface area contributed by atoms with Crippen LogP contribution in [0.4, 0.5) is 8.78 Å². The highest BCUT2D eigenvalue weighted by atomic mass is 35.5. The van der Waals surface area contributed by atoms with Crippen LogP contribution in [0.1, 0.15) is 27.9 Å². The Labute approximate surface area is 94.4 Å². The van der Waals surface area contributed by atoms with Crippen LogP contribution in [0.25, 0.3) is 0 Å². The highest BCUT2D eigenvalue weighted by Crippen LogP contribution is 2.28. The molecular formula is C9H5ClF2N2O2. The number of methoxy groups -OCH3 is 1. The van der Waals surface area contributed by atoms with E-state index >= 15 is 0 Å². The Balaban J connectivity index is 3.52. The third-order valence-electron chi connectivity index (χ3n) is 1.80. The summed E-state index contributed by atoms with van der Waals surface area (Å²) >= 11 is 5.55. The molecule has 1 rings (SSSR count). The quantitative estimate of drug-likeness (QED) is 0.593. The molecule has 0 amide bonds. The van der Waals surface area contributed by atoms with Crippen LogP contribution in [-0.2, 0) is 4.74 Å². The fourth-order valence-electron chi connectivity index (χ4n) is 1.08. The summed E-state index contributed by atoms with van der Waals surface area (Å²) in [6, 6.07) is 1.50. The molecule has 1 heterocycles. The first-order valence-corrected chi connectivity index (χ1v) is 4.35. The van der Waals surface area contributed by atoms with Crippen molar-refractivity contribution >= 4 is 17.6 Å². The van der Waals surface area contributed by atoms with Gasteiger partial charge in [-0.3, -0.25) is 0 Å². The van der Waals surface area contributed by atoms with Crippen LogP contribution in [0.3, 0.4) is 0 Å². The summed E-state index contributed by atoms with van der Waals surface area (Å²) in [5, 5.41) is 8.40. The van der Waals surface area contributed by atoms with Crippen LogP contribution >= 0.6 is 11.6 Å². The molecule has 1 aromatic heterocycles. The predicted octanol–water partition coefficient (Wildman–Crippen LogP) is 2.33. The van der Waals surface area contributed by atoms with Gasteiger partial charge >= 0.3 is 5.97 Å². The smallest absolute Gasteiger partial charge is 0.342 e. The van der Waals surface area contributed by atoms with Crippen LogP contribution in [0.15, 0.2) is 6.20 Å². The van der Waals surface area contributed by atoms with E-state index < -0.39 is 29.1 Å². The second kappa shape index (κ2) is 4.86. The number of nitrogens with zero attached hydrogens (tertiary/aromatic N) is 2. The molecule has 7 heteroatoms. The Morgan fingerprint density at radius 2 is 2.31 bits per heavy atom. The van der Waals surface area contributed by atoms with E-state index in [2.05, 4.69) is 9.72 Å². The van der Waals surface area contributed by atoms with Crippen molar-refractivity contribution in [3.8, 4) is 6.07 Å². The lowest BCUT2D eigenvalue weighted by Crippen LogP contribution is -2.09. The molecule has 0 atom stereocenters. The van der Waals surface area contributed by atoms with E-state index in [1.54, 1.807) is 0 Å². The molecule has 0 aliphatic rings. The molecular weight excluding hydrogens is 242 g/mol. The van der Waals surface area contributed by atoms with Crippen LogP contribution in [0.5, 0.6) is 0 Å². The van der Waals surface area contributed by atoms with E-state index in [0.29, 0.717) is 0 Å². The molecule has 0 aromatic carbocycles. The van der Waals surface area contributed by atoms with Crippen molar-refractivity contribution in [2.45, 2.75) is 6.43 Å². The van der Waals surface area contributed by atoms with Crippen LogP contribution in [-0.4, -0.2) is 18.1 Å². The van der Waals surface area contributed by atoms with Crippen molar-refractivity contribution in [3.05, 3.63) is 28.0 Å². The van der Waals surface area contributed by atoms with Gasteiger partial charge in [-0.25, -0.2) is 18.6 Å². The highest BCUT2D eigenvalue weighted by Gasteiger charge is 2.24. The molecule has 1 aromatic rings. The maximum absolute atomic E-state index is 12.5. The third kappa shape index (κ3) is 2.09. The van der Waals surface area contributed by atoms with Gasteiger partial charge in [0, 0.05) is 6.20 Å². The molecule has 0 unspecified atom stereocenters. The minimum Gasteiger partial charge on any atom is -0.465 e. The summed E-state index contributed by atoms with van der Waals surface area (Å²) in [6.07, 6.45) is -2.15. The van der Waals surface area contributed by atoms with Gasteiger partial charge in [0.1, 0.15) is 16.8 Å². The van der Waals surface area contributed by atoms with Gasteiger partial charge in [0.2, 0.25) is 0 Å². The van der Waals surface area contributed by atoms with E-state index in [1.807, 2.05) is 0 Å². The van der Waals surface area contributed by atoms with Gasteiger partial charge in [-0.1, -0.05) is 11.6 Å². The molecule has 0 saturated heterocycles. The van der Waals surface area contributed by atoms with Crippen LogP contribution in [0.2, 0.25) is 5.15 Å². The number of ether oxygens (including phenoxy) is 1. The summed E-state index contributed by atoms with van der Waals surface area (Å²) in [5.74, 6) is -0.975. The number of rotatable bonds is 2. The van der Waals surface area contributed by atoms with Crippen LogP contribution < -0.4 is 0 Å². The first-order valence-electron chi connectivity index (χ1n) is 3.97. The first-order chi connectivity index (χ1) is 7.52. The number of aromatic nitrogens is 1. The Morgan fingerprint density at radius 3 is 2.75 bits per heavy atom. The lowest BCUT2D eigenvalue weighted by molar-refractivity contribution is 0.0599. The topological polar surface area (TPSA) is 63.0 Å². The largest absolute Gasteiger partial charge is 0.465 e. The number of carbonyl (C=O) groups is 1. The van der Waals surface area contributed by atoms with Crippen molar-refractivity contribution in [1.29, 1.82) is 5.26 Å². The predicted molar refractivity (Wildman–Crippen MR) is 50.3 cm³/mol. The second-order valence-electron chi connectivity index (χ2n) is 2.66. The molecule has 0 spiro atoms. The summed E-state index contributed by atoms with van der Waals surface area (Å²) in [6.45, 7) is 0. The molecule has 0 radical (unpaired) electrons. The zero-order chi connectivity index (χ0) is 12.3. The van der Waals surface area contributed by atoms with Crippen molar-refractivity contribution in [2.24, 2.45) is 0 Å². The average Bonchev–Trinajstić information content (AvgIpc) is 2.26. The summed E-state index contributed by atoms with van der Waals surface area (Å²) in [7, 11) is 1.05. The number of carbonyl (C=O) groups excluding carboxylic acids is 1. The molecule has 0 aliphatic carbocycles. The lowest BCUT2D eigenvalue weighted by Gasteiger charge is -2.07. The van der Waals surface area contributed by atoms with Crippen molar-refractivity contribution in [2.75, 3.05) is 7.11 Å². The minimum atomic E-state index is -2.91. The van der Waals surface area contributed by atoms with Gasteiger partial charge in [-0.05, 0) is 0 Å². The summed E-state index contributed by atoms with van der Waals surface area (Å²) in [4.78, 5) is 14.7. The van der Waals surface area contributed by atoms with Crippen molar-refractivity contribution in [3.63, 3.8) is 0 Å². The number of pyridine rings is 1. The molecule has 16 heavy (non-hydrogen) atoms. The molecule has 84 valence electrons. The van der Waals surface area contributed by atoms with E-state index in [0.717, 1.165) is 13.3 Å². The zero-order valence-electron chi connectivity index (χ0n) is 8.00. The molecule has 0 fully saturated rings. The number of hydrogen-bond donors (Lipinski definition) is 0. The SMILES string of the molecule is COC(=O)c1c(Cl)ncc(C(F)F)c1C#N. The fraction of sp³-hybridized carbons (Fsp3) is 0.222. The summed E-state index contributed by atoms with van der Waals surface area (Å²) in [5.41, 5.74) is -1.60. The first kappa shape index (κ1) is 12.3. The maximum atomic E-state index is 12.5. The van der Waals surface area contributed by atoms with Gasteiger partial charge in [0.25, 0.3) is 6.43 Å². The Bertz CT molecular complexity index is 471. The van der Waals surface area contributed by atoms with E-state index in [4.69, 9.17) is 16.9 Å². The van der Waals surface area contributed by atoms with Crippen molar-refractivity contribution in [1.82, 2.24) is 4.98 Å². The van der Waals surface area contributed by atoms with Gasteiger partial charge in [0.15, 0.2) is 0 Å². The van der Waals surface area contributed by atoms with Crippen molar-refractivity contribution < 1.29 is 18.3 Å². The number of nitriles is 1. The minimum absolute atomic E-state index is 0.340. The molecule has 0 bridgehead atoms. The van der Waals surface area contributed by atoms with Gasteiger partial charge < -0.3 is 4.74 Å². The number of halogens is 3. The van der Waals surface area contributed by atoms with E-state index in [1.165, 1.54) is 6.07 Å². The number of hydrogen-bond acceptors (Lipinski definition) is 4. The summed E-state index contributed by atoms with van der Waals surface area (Å²) < 4.78 is 29.3. The standard InChI is InChI=1S/C9H5ClF2N2O2/c1-16-9(15)6-4(2-13)5(8(11)12)3-14-7(6)10/h3,8H,1H3. The monoisotopic (exact) mass is 246 g/mol. The Kier molecular flexibility index (Phi) is 3.74.